The van der Waals surface area contributed by atoms with Gasteiger partial charge in [0.25, 0.3) is 0 Å². The lowest BCUT2D eigenvalue weighted by molar-refractivity contribution is 0.0446. The van der Waals surface area contributed by atoms with Crippen molar-refractivity contribution in [2.75, 3.05) is 7.11 Å². The fraction of sp³-hybridized carbons (Fsp3) is 0.312. The normalized spacial score (nSPS) is 27.0. The third-order valence-corrected chi connectivity index (χ3v) is 3.90. The summed E-state index contributed by atoms with van der Waals surface area (Å²) < 4.78 is 5.28. The Hall–Kier alpha value is -2.61. The van der Waals surface area contributed by atoms with Crippen LogP contribution in [0, 0.1) is 39.4 Å². The Kier molecular flexibility index (Phi) is 3.57. The highest BCUT2D eigenvalue weighted by Crippen LogP contribution is 2.50. The standard InChI is InChI=1S/C16H13N3O/c1-20-14-8-5-9-15(10-17,16(14,11-18)12-19)13-6-3-2-4-7-13/h2-8,14H,9H2,1H3/t14-,15+/m0/s1. The number of allylic oxidation sites excluding steroid dienone is 1. The third kappa shape index (κ3) is 1.62. The van der Waals surface area contributed by atoms with Crippen molar-refractivity contribution in [2.24, 2.45) is 5.41 Å². The maximum Gasteiger partial charge on any atom is 0.195 e. The number of benzene rings is 1. The molecule has 1 aromatic carbocycles. The maximum absolute atomic E-state index is 9.76. The third-order valence-electron chi connectivity index (χ3n) is 3.90. The molecule has 0 radical (unpaired) electrons. The SMILES string of the molecule is CO[C@H]1C=CC[C@@](C#N)(c2ccccc2)C1(C#N)C#N. The quantitative estimate of drug-likeness (QED) is 0.767. The van der Waals surface area contributed by atoms with Gasteiger partial charge in [-0.15, -0.1) is 0 Å². The Labute approximate surface area is 118 Å². The molecule has 0 saturated carbocycles. The molecule has 0 aliphatic heterocycles. The van der Waals surface area contributed by atoms with Crippen molar-refractivity contribution < 1.29 is 4.74 Å². The molecule has 0 fully saturated rings. The van der Waals surface area contributed by atoms with Gasteiger partial charge < -0.3 is 4.74 Å². The summed E-state index contributed by atoms with van der Waals surface area (Å²) in [6, 6.07) is 15.3. The van der Waals surface area contributed by atoms with E-state index in [1.807, 2.05) is 18.2 Å². The van der Waals surface area contributed by atoms with E-state index in [2.05, 4.69) is 6.07 Å². The molecule has 20 heavy (non-hydrogen) atoms. The Bertz CT molecular complexity index is 631. The Morgan fingerprint density at radius 3 is 2.25 bits per heavy atom. The molecular formula is C16H13N3O. The molecular weight excluding hydrogens is 250 g/mol. The van der Waals surface area contributed by atoms with Gasteiger partial charge in [0.15, 0.2) is 5.41 Å². The summed E-state index contributed by atoms with van der Waals surface area (Å²) in [4.78, 5) is 0. The van der Waals surface area contributed by atoms with E-state index >= 15 is 0 Å². The van der Waals surface area contributed by atoms with Gasteiger partial charge >= 0.3 is 0 Å². The predicted octanol–water partition coefficient (Wildman–Crippen LogP) is 2.46. The second-order valence-electron chi connectivity index (χ2n) is 4.70. The van der Waals surface area contributed by atoms with Crippen LogP contribution in [0.25, 0.3) is 0 Å². The molecule has 0 bridgehead atoms. The number of hydrogen-bond acceptors (Lipinski definition) is 4. The zero-order chi connectivity index (χ0) is 14.6. The summed E-state index contributed by atoms with van der Waals surface area (Å²) in [5.74, 6) is 0. The van der Waals surface area contributed by atoms with E-state index < -0.39 is 16.9 Å². The molecule has 1 aliphatic rings. The fourth-order valence-corrected chi connectivity index (χ4v) is 2.78. The lowest BCUT2D eigenvalue weighted by Gasteiger charge is -2.42. The minimum Gasteiger partial charge on any atom is -0.375 e. The van der Waals surface area contributed by atoms with E-state index in [-0.39, 0.29) is 0 Å². The smallest absolute Gasteiger partial charge is 0.195 e. The minimum atomic E-state index is -1.56. The zero-order valence-electron chi connectivity index (χ0n) is 11.1. The van der Waals surface area contributed by atoms with Crippen LogP contribution in [0.15, 0.2) is 42.5 Å². The number of ether oxygens (including phenoxy) is 1. The number of nitrogens with zero attached hydrogens (tertiary/aromatic N) is 3. The van der Waals surface area contributed by atoms with Crippen molar-refractivity contribution in [2.45, 2.75) is 17.9 Å². The van der Waals surface area contributed by atoms with Crippen LogP contribution in [-0.4, -0.2) is 13.2 Å². The second kappa shape index (κ2) is 5.17. The van der Waals surface area contributed by atoms with E-state index in [1.165, 1.54) is 7.11 Å². The van der Waals surface area contributed by atoms with Crippen molar-refractivity contribution in [1.29, 1.82) is 15.8 Å². The monoisotopic (exact) mass is 263 g/mol. The average Bonchev–Trinajstić information content (AvgIpc) is 2.54. The molecule has 1 aliphatic carbocycles. The van der Waals surface area contributed by atoms with E-state index in [9.17, 15) is 15.8 Å². The van der Waals surface area contributed by atoms with Gasteiger partial charge in [-0.3, -0.25) is 0 Å². The van der Waals surface area contributed by atoms with Crippen LogP contribution in [-0.2, 0) is 10.2 Å². The van der Waals surface area contributed by atoms with Crippen LogP contribution in [0.3, 0.4) is 0 Å². The fourth-order valence-electron chi connectivity index (χ4n) is 2.78. The van der Waals surface area contributed by atoms with Gasteiger partial charge in [-0.25, -0.2) is 0 Å². The zero-order valence-corrected chi connectivity index (χ0v) is 11.1. The molecule has 0 amide bonds. The topological polar surface area (TPSA) is 80.6 Å². The lowest BCUT2D eigenvalue weighted by Crippen LogP contribution is -2.52. The molecule has 0 spiro atoms. The average molecular weight is 263 g/mol. The summed E-state index contributed by atoms with van der Waals surface area (Å²) in [7, 11) is 1.44. The van der Waals surface area contributed by atoms with Crippen LogP contribution in [0.2, 0.25) is 0 Å². The Balaban J connectivity index is 2.76. The van der Waals surface area contributed by atoms with Crippen LogP contribution in [0.5, 0.6) is 0 Å². The van der Waals surface area contributed by atoms with E-state index in [1.54, 1.807) is 36.4 Å². The number of rotatable bonds is 2. The van der Waals surface area contributed by atoms with Gasteiger partial charge in [0, 0.05) is 7.11 Å². The van der Waals surface area contributed by atoms with Crippen LogP contribution >= 0.6 is 0 Å². The molecule has 0 aromatic heterocycles. The highest BCUT2D eigenvalue weighted by atomic mass is 16.5. The summed E-state index contributed by atoms with van der Waals surface area (Å²) in [6.45, 7) is 0. The minimum absolute atomic E-state index is 0.314. The molecule has 0 heterocycles. The molecule has 0 saturated heterocycles. The number of methoxy groups -OCH3 is 1. The Morgan fingerprint density at radius 2 is 1.75 bits per heavy atom. The van der Waals surface area contributed by atoms with Gasteiger partial charge in [-0.1, -0.05) is 42.5 Å². The van der Waals surface area contributed by atoms with E-state index in [4.69, 9.17) is 4.74 Å². The molecule has 0 unspecified atom stereocenters. The van der Waals surface area contributed by atoms with Crippen molar-refractivity contribution in [3.63, 3.8) is 0 Å². The molecule has 2 atom stereocenters. The summed E-state index contributed by atoms with van der Waals surface area (Å²) >= 11 is 0. The highest BCUT2D eigenvalue weighted by molar-refractivity contribution is 5.48. The molecule has 2 rings (SSSR count). The van der Waals surface area contributed by atoms with Crippen LogP contribution < -0.4 is 0 Å². The Morgan fingerprint density at radius 1 is 1.10 bits per heavy atom. The van der Waals surface area contributed by atoms with Crippen molar-refractivity contribution in [3.8, 4) is 18.2 Å². The lowest BCUT2D eigenvalue weighted by atomic mass is 9.55. The van der Waals surface area contributed by atoms with Crippen molar-refractivity contribution in [1.82, 2.24) is 0 Å². The van der Waals surface area contributed by atoms with Crippen LogP contribution in [0.4, 0.5) is 0 Å². The van der Waals surface area contributed by atoms with Crippen molar-refractivity contribution >= 4 is 0 Å². The van der Waals surface area contributed by atoms with Gasteiger partial charge in [-0.05, 0) is 12.0 Å². The molecule has 4 heteroatoms. The largest absolute Gasteiger partial charge is 0.375 e. The van der Waals surface area contributed by atoms with Crippen LogP contribution in [0.1, 0.15) is 12.0 Å². The highest BCUT2D eigenvalue weighted by Gasteiger charge is 2.60. The van der Waals surface area contributed by atoms with Gasteiger partial charge in [0.2, 0.25) is 0 Å². The van der Waals surface area contributed by atoms with E-state index in [0.717, 1.165) is 0 Å². The summed E-state index contributed by atoms with van der Waals surface area (Å²) in [6.07, 6.45) is 3.07. The van der Waals surface area contributed by atoms with Gasteiger partial charge in [-0.2, -0.15) is 15.8 Å². The first-order valence-electron chi connectivity index (χ1n) is 6.19. The molecule has 98 valence electrons. The van der Waals surface area contributed by atoms with Gasteiger partial charge in [0.1, 0.15) is 11.5 Å². The summed E-state index contributed by atoms with van der Waals surface area (Å²) in [5, 5.41) is 29.0. The van der Waals surface area contributed by atoms with Gasteiger partial charge in [0.05, 0.1) is 18.2 Å². The molecule has 1 aromatic rings. The number of hydrogen-bond donors (Lipinski definition) is 0. The maximum atomic E-state index is 9.76. The second-order valence-corrected chi connectivity index (χ2v) is 4.70. The van der Waals surface area contributed by atoms with Crippen molar-refractivity contribution in [3.05, 3.63) is 48.0 Å². The molecule has 0 N–H and O–H groups in total. The first kappa shape index (κ1) is 13.8. The van der Waals surface area contributed by atoms with E-state index in [0.29, 0.717) is 12.0 Å². The predicted molar refractivity (Wildman–Crippen MR) is 71.9 cm³/mol. The first-order chi connectivity index (χ1) is 9.70. The first-order valence-corrected chi connectivity index (χ1v) is 6.19. The molecule has 4 nitrogen and oxygen atoms in total. The summed E-state index contributed by atoms with van der Waals surface area (Å²) in [5.41, 5.74) is -2.13. The number of nitriles is 3.